The van der Waals surface area contributed by atoms with Crippen molar-refractivity contribution in [3.8, 4) is 0 Å². The quantitative estimate of drug-likeness (QED) is 0.844. The van der Waals surface area contributed by atoms with Crippen LogP contribution in [0.25, 0.3) is 0 Å². The molecule has 0 radical (unpaired) electrons. The van der Waals surface area contributed by atoms with Gasteiger partial charge in [0.2, 0.25) is 0 Å². The molecule has 2 aromatic heterocycles. The smallest absolute Gasteiger partial charge is 0.137 e. The lowest BCUT2D eigenvalue weighted by Gasteiger charge is -2.10. The van der Waals surface area contributed by atoms with E-state index in [1.807, 2.05) is 29.9 Å². The summed E-state index contributed by atoms with van der Waals surface area (Å²) in [4.78, 5) is 8.09. The Balaban J connectivity index is 1.94. The molecular weight excluding hydrogens is 202 g/mol. The van der Waals surface area contributed by atoms with Gasteiger partial charge in [-0.15, -0.1) is 0 Å². The van der Waals surface area contributed by atoms with E-state index in [0.29, 0.717) is 12.2 Å². The van der Waals surface area contributed by atoms with Gasteiger partial charge in [0.05, 0.1) is 0 Å². The average Bonchev–Trinajstić information content (AvgIpc) is 2.74. The van der Waals surface area contributed by atoms with Gasteiger partial charge in [-0.25, -0.2) is 4.98 Å². The van der Waals surface area contributed by atoms with Crippen LogP contribution in [0, 0.1) is 0 Å². The summed E-state index contributed by atoms with van der Waals surface area (Å²) in [7, 11) is 1.89. The first-order chi connectivity index (χ1) is 7.77. The zero-order valence-electron chi connectivity index (χ0n) is 9.24. The second-order valence-electron chi connectivity index (χ2n) is 3.81. The number of hydrogen-bond acceptors (Lipinski definition) is 3. The summed E-state index contributed by atoms with van der Waals surface area (Å²) in [5, 5.41) is 9.95. The van der Waals surface area contributed by atoms with Gasteiger partial charge in [-0.2, -0.15) is 0 Å². The highest BCUT2D eigenvalue weighted by atomic mass is 16.3. The van der Waals surface area contributed by atoms with E-state index in [4.69, 9.17) is 0 Å². The number of rotatable bonds is 4. The standard InChI is InChI=1S/C12H15N3O/c1-15-9-8-14-12(15)11(16)3-2-10-4-6-13-7-5-10/h4-9,11,16H,2-3H2,1H3. The predicted octanol–water partition coefficient (Wildman–Crippen LogP) is 1.48. The molecule has 0 saturated heterocycles. The van der Waals surface area contributed by atoms with Crippen molar-refractivity contribution in [2.45, 2.75) is 18.9 Å². The summed E-state index contributed by atoms with van der Waals surface area (Å²) in [6.45, 7) is 0. The molecule has 2 heterocycles. The number of nitrogens with zero attached hydrogens (tertiary/aromatic N) is 3. The molecule has 1 unspecified atom stereocenters. The Morgan fingerprint density at radius 1 is 1.31 bits per heavy atom. The Bertz CT molecular complexity index is 439. The minimum Gasteiger partial charge on any atom is -0.385 e. The Kier molecular flexibility index (Phi) is 3.31. The van der Waals surface area contributed by atoms with Gasteiger partial charge in [0.15, 0.2) is 0 Å². The van der Waals surface area contributed by atoms with Crippen LogP contribution in [0.2, 0.25) is 0 Å². The number of imidazole rings is 1. The molecule has 2 aromatic rings. The minimum atomic E-state index is -0.506. The van der Waals surface area contributed by atoms with E-state index in [2.05, 4.69) is 9.97 Å². The fourth-order valence-corrected chi connectivity index (χ4v) is 1.68. The summed E-state index contributed by atoms with van der Waals surface area (Å²) in [5.74, 6) is 0.717. The lowest BCUT2D eigenvalue weighted by atomic mass is 10.1. The maximum atomic E-state index is 9.95. The topological polar surface area (TPSA) is 50.9 Å². The van der Waals surface area contributed by atoms with E-state index in [9.17, 15) is 5.11 Å². The van der Waals surface area contributed by atoms with Crippen molar-refractivity contribution in [3.63, 3.8) is 0 Å². The molecule has 0 aliphatic carbocycles. The molecule has 0 amide bonds. The molecule has 0 aliphatic heterocycles. The first kappa shape index (κ1) is 10.8. The molecule has 16 heavy (non-hydrogen) atoms. The Labute approximate surface area is 94.6 Å². The van der Waals surface area contributed by atoms with E-state index in [0.717, 1.165) is 6.42 Å². The molecule has 0 fully saturated rings. The number of hydrogen-bond donors (Lipinski definition) is 1. The first-order valence-electron chi connectivity index (χ1n) is 5.31. The molecule has 0 aliphatic rings. The predicted molar refractivity (Wildman–Crippen MR) is 60.7 cm³/mol. The van der Waals surface area contributed by atoms with Gasteiger partial charge < -0.3 is 9.67 Å². The molecule has 0 saturated carbocycles. The van der Waals surface area contributed by atoms with E-state index in [-0.39, 0.29) is 0 Å². The van der Waals surface area contributed by atoms with Crippen LogP contribution in [-0.2, 0) is 13.5 Å². The van der Waals surface area contributed by atoms with Crippen LogP contribution in [-0.4, -0.2) is 19.6 Å². The molecule has 84 valence electrons. The number of aliphatic hydroxyl groups is 1. The SMILES string of the molecule is Cn1ccnc1C(O)CCc1ccncc1. The van der Waals surface area contributed by atoms with E-state index < -0.39 is 6.10 Å². The molecule has 0 bridgehead atoms. The van der Waals surface area contributed by atoms with E-state index in [1.54, 1.807) is 18.6 Å². The summed E-state index contributed by atoms with van der Waals surface area (Å²) in [6.07, 6.45) is 8.07. The maximum absolute atomic E-state index is 9.95. The average molecular weight is 217 g/mol. The molecule has 1 atom stereocenters. The summed E-state index contributed by atoms with van der Waals surface area (Å²) in [6, 6.07) is 3.93. The number of aromatic nitrogens is 3. The number of aryl methyl sites for hydroxylation is 2. The summed E-state index contributed by atoms with van der Waals surface area (Å²) >= 11 is 0. The molecule has 1 N–H and O–H groups in total. The van der Waals surface area contributed by atoms with E-state index >= 15 is 0 Å². The molecule has 0 aromatic carbocycles. The van der Waals surface area contributed by atoms with Crippen molar-refractivity contribution in [1.29, 1.82) is 0 Å². The minimum absolute atomic E-state index is 0.506. The monoisotopic (exact) mass is 217 g/mol. The van der Waals surface area contributed by atoms with Crippen molar-refractivity contribution in [2.24, 2.45) is 7.05 Å². The van der Waals surface area contributed by atoms with Crippen LogP contribution in [0.15, 0.2) is 36.9 Å². The molecule has 0 spiro atoms. The Hall–Kier alpha value is -1.68. The second kappa shape index (κ2) is 4.90. The van der Waals surface area contributed by atoms with Crippen LogP contribution < -0.4 is 0 Å². The van der Waals surface area contributed by atoms with Crippen molar-refractivity contribution < 1.29 is 5.11 Å². The van der Waals surface area contributed by atoms with Crippen LogP contribution in [0.4, 0.5) is 0 Å². The van der Waals surface area contributed by atoms with Crippen LogP contribution in [0.3, 0.4) is 0 Å². The van der Waals surface area contributed by atoms with Gasteiger partial charge in [0, 0.05) is 31.8 Å². The third kappa shape index (κ3) is 2.46. The second-order valence-corrected chi connectivity index (χ2v) is 3.81. The molecule has 4 nitrogen and oxygen atoms in total. The third-order valence-corrected chi connectivity index (χ3v) is 2.61. The van der Waals surface area contributed by atoms with Gasteiger partial charge in [0.1, 0.15) is 11.9 Å². The molecule has 2 rings (SSSR count). The lowest BCUT2D eigenvalue weighted by molar-refractivity contribution is 0.154. The highest BCUT2D eigenvalue weighted by Crippen LogP contribution is 2.16. The van der Waals surface area contributed by atoms with Gasteiger partial charge in [-0.1, -0.05) is 0 Å². The highest BCUT2D eigenvalue weighted by molar-refractivity contribution is 5.10. The largest absolute Gasteiger partial charge is 0.385 e. The van der Waals surface area contributed by atoms with Crippen molar-refractivity contribution >= 4 is 0 Å². The van der Waals surface area contributed by atoms with Crippen LogP contribution in [0.1, 0.15) is 23.9 Å². The fraction of sp³-hybridized carbons (Fsp3) is 0.333. The molecule has 4 heteroatoms. The number of aliphatic hydroxyl groups excluding tert-OH is 1. The third-order valence-electron chi connectivity index (χ3n) is 2.61. The van der Waals surface area contributed by atoms with Crippen molar-refractivity contribution in [3.05, 3.63) is 48.3 Å². The zero-order chi connectivity index (χ0) is 11.4. The zero-order valence-corrected chi connectivity index (χ0v) is 9.24. The van der Waals surface area contributed by atoms with E-state index in [1.165, 1.54) is 5.56 Å². The highest BCUT2D eigenvalue weighted by Gasteiger charge is 2.11. The van der Waals surface area contributed by atoms with Gasteiger partial charge in [-0.3, -0.25) is 4.98 Å². The first-order valence-corrected chi connectivity index (χ1v) is 5.31. The normalized spacial score (nSPS) is 12.6. The Morgan fingerprint density at radius 3 is 2.69 bits per heavy atom. The number of pyridine rings is 1. The van der Waals surface area contributed by atoms with Crippen molar-refractivity contribution in [2.75, 3.05) is 0 Å². The van der Waals surface area contributed by atoms with Gasteiger partial charge in [-0.05, 0) is 30.5 Å². The van der Waals surface area contributed by atoms with Crippen LogP contribution >= 0.6 is 0 Å². The molecular formula is C12H15N3O. The summed E-state index contributed by atoms with van der Waals surface area (Å²) in [5.41, 5.74) is 1.18. The maximum Gasteiger partial charge on any atom is 0.137 e. The lowest BCUT2D eigenvalue weighted by Crippen LogP contribution is -2.06. The van der Waals surface area contributed by atoms with Crippen molar-refractivity contribution in [1.82, 2.24) is 14.5 Å². The van der Waals surface area contributed by atoms with Gasteiger partial charge in [0.25, 0.3) is 0 Å². The fourth-order valence-electron chi connectivity index (χ4n) is 1.68. The van der Waals surface area contributed by atoms with Gasteiger partial charge >= 0.3 is 0 Å². The summed E-state index contributed by atoms with van der Waals surface area (Å²) < 4.78 is 1.84. The Morgan fingerprint density at radius 2 is 2.06 bits per heavy atom. The van der Waals surface area contributed by atoms with Crippen LogP contribution in [0.5, 0.6) is 0 Å².